The Morgan fingerprint density at radius 2 is 1.88 bits per heavy atom. The topological polar surface area (TPSA) is 74.6 Å². The molecule has 134 valence electrons. The molecular formula is C19H25N3O3. The molecule has 0 unspecified atom stereocenters. The highest BCUT2D eigenvalue weighted by Gasteiger charge is 2.13. The monoisotopic (exact) mass is 343 g/mol. The molecule has 0 aliphatic carbocycles. The van der Waals surface area contributed by atoms with Gasteiger partial charge in [-0.15, -0.1) is 0 Å². The minimum absolute atomic E-state index is 0.152. The minimum Gasteiger partial charge on any atom is -0.459 e. The number of furan rings is 1. The van der Waals surface area contributed by atoms with Crippen LogP contribution in [0.15, 0.2) is 41.0 Å². The third kappa shape index (κ3) is 5.19. The molecule has 0 bridgehead atoms. The van der Waals surface area contributed by atoms with Gasteiger partial charge in [-0.3, -0.25) is 9.59 Å². The summed E-state index contributed by atoms with van der Waals surface area (Å²) in [7, 11) is 0. The van der Waals surface area contributed by atoms with Gasteiger partial charge in [0.25, 0.3) is 11.8 Å². The summed E-state index contributed by atoms with van der Waals surface area (Å²) in [6, 6.07) is 8.50. The second-order valence-corrected chi connectivity index (χ2v) is 5.74. The Kier molecular flexibility index (Phi) is 6.77. The number of nitrogens with one attached hydrogen (secondary N) is 2. The zero-order valence-corrected chi connectivity index (χ0v) is 15.0. The van der Waals surface area contributed by atoms with Gasteiger partial charge in [0, 0.05) is 24.3 Å². The number of nitrogens with zero attached hydrogens (tertiary/aromatic N) is 1. The summed E-state index contributed by atoms with van der Waals surface area (Å²) in [5, 5.41) is 5.69. The second-order valence-electron chi connectivity index (χ2n) is 5.74. The van der Waals surface area contributed by atoms with Gasteiger partial charge in [-0.05, 0) is 49.8 Å². The highest BCUT2D eigenvalue weighted by atomic mass is 16.3. The van der Waals surface area contributed by atoms with Crippen molar-refractivity contribution in [2.75, 3.05) is 31.5 Å². The lowest BCUT2D eigenvalue weighted by Crippen LogP contribution is -2.34. The summed E-state index contributed by atoms with van der Waals surface area (Å²) >= 11 is 0. The summed E-state index contributed by atoms with van der Waals surface area (Å²) in [4.78, 5) is 26.7. The molecule has 0 saturated heterocycles. The van der Waals surface area contributed by atoms with Gasteiger partial charge in [-0.25, -0.2) is 0 Å². The van der Waals surface area contributed by atoms with Gasteiger partial charge in [-0.2, -0.15) is 0 Å². The third-order valence-electron chi connectivity index (χ3n) is 4.10. The zero-order valence-electron chi connectivity index (χ0n) is 15.0. The highest BCUT2D eigenvalue weighted by Crippen LogP contribution is 2.18. The number of hydrogen-bond donors (Lipinski definition) is 2. The van der Waals surface area contributed by atoms with Crippen molar-refractivity contribution in [2.45, 2.75) is 20.8 Å². The summed E-state index contributed by atoms with van der Waals surface area (Å²) in [6.45, 7) is 9.38. The van der Waals surface area contributed by atoms with E-state index in [1.165, 1.54) is 6.26 Å². The average Bonchev–Trinajstić information content (AvgIpc) is 3.15. The van der Waals surface area contributed by atoms with Gasteiger partial charge in [0.2, 0.25) is 0 Å². The molecule has 0 saturated carbocycles. The Labute approximate surface area is 148 Å². The molecule has 0 atom stereocenters. The SMILES string of the molecule is CCN(CC)CCNC(=O)c1ccc(C)c(NC(=O)c2ccco2)c1. The van der Waals surface area contributed by atoms with Gasteiger partial charge in [0.15, 0.2) is 5.76 Å². The van der Waals surface area contributed by atoms with Crippen molar-refractivity contribution in [1.82, 2.24) is 10.2 Å². The van der Waals surface area contributed by atoms with E-state index in [1.54, 1.807) is 24.3 Å². The lowest BCUT2D eigenvalue weighted by Gasteiger charge is -2.18. The van der Waals surface area contributed by atoms with Crippen LogP contribution in [-0.2, 0) is 0 Å². The Hall–Kier alpha value is -2.60. The molecule has 0 aliphatic rings. The standard InChI is InChI=1S/C19H25N3O3/c1-4-22(5-2)11-10-20-18(23)15-9-8-14(3)16(13-15)21-19(24)17-7-6-12-25-17/h6-9,12-13H,4-5,10-11H2,1-3H3,(H,20,23)(H,21,24). The molecule has 0 spiro atoms. The van der Waals surface area contributed by atoms with Crippen molar-refractivity contribution in [3.05, 3.63) is 53.5 Å². The molecule has 2 aromatic rings. The predicted octanol–water partition coefficient (Wildman–Crippen LogP) is 2.91. The number of carbonyl (C=O) groups excluding carboxylic acids is 2. The van der Waals surface area contributed by atoms with E-state index in [0.29, 0.717) is 17.8 Å². The fraction of sp³-hybridized carbons (Fsp3) is 0.368. The fourth-order valence-corrected chi connectivity index (χ4v) is 2.46. The first-order valence-corrected chi connectivity index (χ1v) is 8.51. The van der Waals surface area contributed by atoms with Gasteiger partial charge in [-0.1, -0.05) is 19.9 Å². The second kappa shape index (κ2) is 9.03. The maximum atomic E-state index is 12.3. The first-order valence-electron chi connectivity index (χ1n) is 8.51. The maximum absolute atomic E-state index is 12.3. The predicted molar refractivity (Wildman–Crippen MR) is 98.0 cm³/mol. The average molecular weight is 343 g/mol. The van der Waals surface area contributed by atoms with Crippen LogP contribution in [0.3, 0.4) is 0 Å². The molecule has 1 aromatic heterocycles. The summed E-state index contributed by atoms with van der Waals surface area (Å²) in [5.74, 6) is -0.263. The van der Waals surface area contributed by atoms with Crippen LogP contribution in [0, 0.1) is 6.92 Å². The van der Waals surface area contributed by atoms with Crippen LogP contribution < -0.4 is 10.6 Å². The molecule has 2 N–H and O–H groups in total. The Morgan fingerprint density at radius 3 is 2.52 bits per heavy atom. The van der Waals surface area contributed by atoms with E-state index >= 15 is 0 Å². The van der Waals surface area contributed by atoms with Crippen LogP contribution in [-0.4, -0.2) is 42.9 Å². The van der Waals surface area contributed by atoms with Crippen molar-refractivity contribution in [3.63, 3.8) is 0 Å². The van der Waals surface area contributed by atoms with Crippen molar-refractivity contribution >= 4 is 17.5 Å². The smallest absolute Gasteiger partial charge is 0.291 e. The van der Waals surface area contributed by atoms with E-state index in [2.05, 4.69) is 29.4 Å². The third-order valence-corrected chi connectivity index (χ3v) is 4.10. The van der Waals surface area contributed by atoms with Crippen molar-refractivity contribution < 1.29 is 14.0 Å². The van der Waals surface area contributed by atoms with Crippen LogP contribution in [0.1, 0.15) is 40.3 Å². The lowest BCUT2D eigenvalue weighted by atomic mass is 10.1. The molecule has 6 nitrogen and oxygen atoms in total. The first-order chi connectivity index (χ1) is 12.0. The largest absolute Gasteiger partial charge is 0.459 e. The summed E-state index contributed by atoms with van der Waals surface area (Å²) in [5.41, 5.74) is 1.98. The number of amides is 2. The highest BCUT2D eigenvalue weighted by molar-refractivity contribution is 6.03. The van der Waals surface area contributed by atoms with E-state index in [1.807, 2.05) is 13.0 Å². The van der Waals surface area contributed by atoms with Crippen LogP contribution in [0.5, 0.6) is 0 Å². The molecule has 25 heavy (non-hydrogen) atoms. The number of anilines is 1. The van der Waals surface area contributed by atoms with Crippen LogP contribution in [0.2, 0.25) is 0 Å². The summed E-state index contributed by atoms with van der Waals surface area (Å²) in [6.07, 6.45) is 1.45. The number of aryl methyl sites for hydroxylation is 1. The molecule has 0 radical (unpaired) electrons. The van der Waals surface area contributed by atoms with Crippen molar-refractivity contribution in [1.29, 1.82) is 0 Å². The molecule has 2 rings (SSSR count). The first kappa shape index (κ1) is 18.7. The number of hydrogen-bond acceptors (Lipinski definition) is 4. The van der Waals surface area contributed by atoms with E-state index in [4.69, 9.17) is 4.42 Å². The van der Waals surface area contributed by atoms with Crippen LogP contribution >= 0.6 is 0 Å². The molecule has 2 amide bonds. The van der Waals surface area contributed by atoms with Gasteiger partial charge in [0.05, 0.1) is 6.26 Å². The van der Waals surface area contributed by atoms with Gasteiger partial charge < -0.3 is 20.0 Å². The van der Waals surface area contributed by atoms with Crippen LogP contribution in [0.25, 0.3) is 0 Å². The number of benzene rings is 1. The molecular weight excluding hydrogens is 318 g/mol. The van der Waals surface area contributed by atoms with Gasteiger partial charge in [0.1, 0.15) is 0 Å². The maximum Gasteiger partial charge on any atom is 0.291 e. The number of rotatable bonds is 8. The lowest BCUT2D eigenvalue weighted by molar-refractivity contribution is 0.0947. The fourth-order valence-electron chi connectivity index (χ4n) is 2.46. The molecule has 0 fully saturated rings. The number of carbonyl (C=O) groups is 2. The van der Waals surface area contributed by atoms with E-state index < -0.39 is 0 Å². The Balaban J connectivity index is 2.00. The molecule has 6 heteroatoms. The van der Waals surface area contributed by atoms with Crippen LogP contribution in [0.4, 0.5) is 5.69 Å². The number of likely N-dealkylation sites (N-methyl/N-ethyl adjacent to an activating group) is 1. The zero-order chi connectivity index (χ0) is 18.2. The Morgan fingerprint density at radius 1 is 1.12 bits per heavy atom. The normalized spacial score (nSPS) is 10.7. The van der Waals surface area contributed by atoms with E-state index in [0.717, 1.165) is 25.2 Å². The minimum atomic E-state index is -0.341. The summed E-state index contributed by atoms with van der Waals surface area (Å²) < 4.78 is 5.09. The molecule has 0 aliphatic heterocycles. The molecule has 1 aromatic carbocycles. The van der Waals surface area contributed by atoms with E-state index in [-0.39, 0.29) is 17.6 Å². The molecule has 1 heterocycles. The van der Waals surface area contributed by atoms with Gasteiger partial charge >= 0.3 is 0 Å². The van der Waals surface area contributed by atoms with Crippen molar-refractivity contribution in [2.24, 2.45) is 0 Å². The Bertz CT molecular complexity index is 707. The van der Waals surface area contributed by atoms with E-state index in [9.17, 15) is 9.59 Å². The van der Waals surface area contributed by atoms with Crippen molar-refractivity contribution in [3.8, 4) is 0 Å². The quantitative estimate of drug-likeness (QED) is 0.773.